The van der Waals surface area contributed by atoms with Gasteiger partial charge in [-0.1, -0.05) is 6.07 Å². The molecule has 3 rings (SSSR count). The molecule has 9 heteroatoms. The average Bonchev–Trinajstić information content (AvgIpc) is 3.10. The van der Waals surface area contributed by atoms with E-state index in [4.69, 9.17) is 0 Å². The fourth-order valence-electron chi connectivity index (χ4n) is 3.27. The molecule has 162 valence electrons. The molecule has 0 saturated carbocycles. The number of rotatable bonds is 7. The van der Waals surface area contributed by atoms with Crippen molar-refractivity contribution in [2.75, 3.05) is 44.2 Å². The standard InChI is InChI=1S/C21H31N7OS/c1-4-22-21(25-15-19-26-16(2)17(3)30-19)24-10-8-20(29)28-13-11-27(12-14-28)18-7-5-6-9-23-18/h5-7,9H,4,8,10-15H2,1-3H3,(H2,22,24,25). The predicted molar refractivity (Wildman–Crippen MR) is 122 cm³/mol. The van der Waals surface area contributed by atoms with Crippen LogP contribution in [0, 0.1) is 13.8 Å². The van der Waals surface area contributed by atoms with E-state index in [1.807, 2.05) is 36.9 Å². The molecule has 2 aromatic heterocycles. The molecule has 3 heterocycles. The highest BCUT2D eigenvalue weighted by atomic mass is 32.1. The van der Waals surface area contributed by atoms with Crippen molar-refractivity contribution in [2.45, 2.75) is 33.7 Å². The maximum Gasteiger partial charge on any atom is 0.224 e. The van der Waals surface area contributed by atoms with E-state index in [0.717, 1.165) is 55.2 Å². The molecule has 0 bridgehead atoms. The van der Waals surface area contributed by atoms with E-state index in [2.05, 4.69) is 37.4 Å². The van der Waals surface area contributed by atoms with Gasteiger partial charge in [-0.2, -0.15) is 0 Å². The summed E-state index contributed by atoms with van der Waals surface area (Å²) in [5.74, 6) is 1.87. The average molecular weight is 430 g/mol. The van der Waals surface area contributed by atoms with Crippen LogP contribution in [0.4, 0.5) is 5.82 Å². The van der Waals surface area contributed by atoms with Gasteiger partial charge in [-0.3, -0.25) is 4.79 Å². The minimum Gasteiger partial charge on any atom is -0.357 e. The summed E-state index contributed by atoms with van der Waals surface area (Å²) in [5, 5.41) is 7.50. The lowest BCUT2D eigenvalue weighted by molar-refractivity contribution is -0.131. The number of carbonyl (C=O) groups excluding carboxylic acids is 1. The first-order valence-corrected chi connectivity index (χ1v) is 11.3. The second-order valence-electron chi connectivity index (χ2n) is 7.18. The number of hydrogen-bond donors (Lipinski definition) is 2. The molecule has 8 nitrogen and oxygen atoms in total. The van der Waals surface area contributed by atoms with Crippen LogP contribution in [0.25, 0.3) is 0 Å². The van der Waals surface area contributed by atoms with Crippen molar-refractivity contribution in [1.82, 2.24) is 25.5 Å². The SMILES string of the molecule is CCNC(=NCc1nc(C)c(C)s1)NCCC(=O)N1CCN(c2ccccn2)CC1. The van der Waals surface area contributed by atoms with E-state index in [1.165, 1.54) is 4.88 Å². The molecule has 2 aromatic rings. The Morgan fingerprint density at radius 1 is 1.20 bits per heavy atom. The van der Waals surface area contributed by atoms with E-state index in [-0.39, 0.29) is 5.91 Å². The Morgan fingerprint density at radius 2 is 2.00 bits per heavy atom. The number of piperazine rings is 1. The number of aliphatic imine (C=N–C) groups is 1. The highest BCUT2D eigenvalue weighted by molar-refractivity contribution is 7.11. The summed E-state index contributed by atoms with van der Waals surface area (Å²) in [4.78, 5) is 31.5. The van der Waals surface area contributed by atoms with Crippen molar-refractivity contribution in [3.63, 3.8) is 0 Å². The highest BCUT2D eigenvalue weighted by Gasteiger charge is 2.21. The predicted octanol–water partition coefficient (Wildman–Crippen LogP) is 1.95. The fourth-order valence-corrected chi connectivity index (χ4v) is 4.13. The number of amides is 1. The third kappa shape index (κ3) is 6.16. The van der Waals surface area contributed by atoms with Crippen molar-refractivity contribution in [3.8, 4) is 0 Å². The lowest BCUT2D eigenvalue weighted by Gasteiger charge is -2.35. The topological polar surface area (TPSA) is 85.7 Å². The van der Waals surface area contributed by atoms with Gasteiger partial charge in [0.2, 0.25) is 5.91 Å². The lowest BCUT2D eigenvalue weighted by Crippen LogP contribution is -2.49. The van der Waals surface area contributed by atoms with Crippen LogP contribution >= 0.6 is 11.3 Å². The van der Waals surface area contributed by atoms with Crippen molar-refractivity contribution >= 4 is 29.0 Å². The smallest absolute Gasteiger partial charge is 0.224 e. The lowest BCUT2D eigenvalue weighted by atomic mass is 10.2. The van der Waals surface area contributed by atoms with Gasteiger partial charge in [0.25, 0.3) is 0 Å². The quantitative estimate of drug-likeness (QED) is 0.517. The summed E-state index contributed by atoms with van der Waals surface area (Å²) in [6.07, 6.45) is 2.25. The van der Waals surface area contributed by atoms with E-state index < -0.39 is 0 Å². The summed E-state index contributed by atoms with van der Waals surface area (Å²) < 4.78 is 0. The Bertz CT molecular complexity index is 825. The largest absolute Gasteiger partial charge is 0.357 e. The minimum atomic E-state index is 0.171. The molecule has 1 amide bonds. The van der Waals surface area contributed by atoms with E-state index in [0.29, 0.717) is 19.5 Å². The highest BCUT2D eigenvalue weighted by Crippen LogP contribution is 2.17. The van der Waals surface area contributed by atoms with Gasteiger partial charge in [-0.15, -0.1) is 11.3 Å². The number of thiazole rings is 1. The number of pyridine rings is 1. The summed E-state index contributed by atoms with van der Waals surface area (Å²) in [5.41, 5.74) is 1.07. The molecule has 1 aliphatic rings. The van der Waals surface area contributed by atoms with Crippen molar-refractivity contribution < 1.29 is 4.79 Å². The summed E-state index contributed by atoms with van der Waals surface area (Å²) in [7, 11) is 0. The summed E-state index contributed by atoms with van der Waals surface area (Å²) >= 11 is 1.68. The fraction of sp³-hybridized carbons (Fsp3) is 0.524. The molecule has 0 spiro atoms. The molecule has 0 unspecified atom stereocenters. The zero-order valence-corrected chi connectivity index (χ0v) is 18.8. The Hall–Kier alpha value is -2.68. The third-order valence-corrected chi connectivity index (χ3v) is 6.08. The molecule has 1 saturated heterocycles. The van der Waals surface area contributed by atoms with Gasteiger partial charge >= 0.3 is 0 Å². The summed E-state index contributed by atoms with van der Waals surface area (Å²) in [6.45, 7) is 11.1. The molecule has 0 aromatic carbocycles. The first kappa shape index (κ1) is 22.0. The van der Waals surface area contributed by atoms with Crippen molar-refractivity contribution in [1.29, 1.82) is 0 Å². The van der Waals surface area contributed by atoms with Gasteiger partial charge in [0.05, 0.1) is 12.2 Å². The first-order valence-electron chi connectivity index (χ1n) is 10.5. The third-order valence-electron chi connectivity index (χ3n) is 5.03. The van der Waals surface area contributed by atoms with Crippen LogP contribution in [-0.2, 0) is 11.3 Å². The zero-order chi connectivity index (χ0) is 21.3. The number of aryl methyl sites for hydroxylation is 2. The number of hydrogen-bond acceptors (Lipinski definition) is 6. The second kappa shape index (κ2) is 10.9. The zero-order valence-electron chi connectivity index (χ0n) is 18.0. The maximum atomic E-state index is 12.6. The molecule has 30 heavy (non-hydrogen) atoms. The molecule has 0 radical (unpaired) electrons. The molecule has 2 N–H and O–H groups in total. The molecule has 0 aliphatic carbocycles. The number of nitrogens with one attached hydrogen (secondary N) is 2. The number of anilines is 1. The molecule has 1 aliphatic heterocycles. The van der Waals surface area contributed by atoms with Gasteiger partial charge in [0.15, 0.2) is 5.96 Å². The van der Waals surface area contributed by atoms with Crippen molar-refractivity contribution in [2.24, 2.45) is 4.99 Å². The van der Waals surface area contributed by atoms with E-state index in [1.54, 1.807) is 17.5 Å². The molecule has 0 atom stereocenters. The van der Waals surface area contributed by atoms with Crippen LogP contribution in [0.5, 0.6) is 0 Å². The van der Waals surface area contributed by atoms with Gasteiger partial charge in [-0.05, 0) is 32.9 Å². The molecule has 1 fully saturated rings. The normalized spacial score (nSPS) is 14.7. The number of aromatic nitrogens is 2. The Kier molecular flexibility index (Phi) is 8.01. The first-order chi connectivity index (χ1) is 14.6. The number of nitrogens with zero attached hydrogens (tertiary/aromatic N) is 5. The molecular formula is C21H31N7OS. The van der Waals surface area contributed by atoms with Crippen LogP contribution in [0.15, 0.2) is 29.4 Å². The number of guanidine groups is 1. The van der Waals surface area contributed by atoms with Crippen LogP contribution in [0.2, 0.25) is 0 Å². The van der Waals surface area contributed by atoms with Crippen LogP contribution in [0.1, 0.15) is 28.9 Å². The van der Waals surface area contributed by atoms with Crippen LogP contribution in [0.3, 0.4) is 0 Å². The van der Waals surface area contributed by atoms with Gasteiger partial charge in [0.1, 0.15) is 10.8 Å². The summed E-state index contributed by atoms with van der Waals surface area (Å²) in [6, 6.07) is 5.92. The number of carbonyl (C=O) groups is 1. The van der Waals surface area contributed by atoms with E-state index in [9.17, 15) is 4.79 Å². The van der Waals surface area contributed by atoms with Gasteiger partial charge in [-0.25, -0.2) is 15.0 Å². The van der Waals surface area contributed by atoms with Crippen LogP contribution < -0.4 is 15.5 Å². The monoisotopic (exact) mass is 429 g/mol. The second-order valence-corrected chi connectivity index (χ2v) is 8.46. The van der Waals surface area contributed by atoms with Gasteiger partial charge in [0, 0.05) is 56.8 Å². The van der Waals surface area contributed by atoms with Crippen LogP contribution in [-0.4, -0.2) is 66.0 Å². The Balaban J connectivity index is 1.42. The Morgan fingerprint density at radius 3 is 2.63 bits per heavy atom. The van der Waals surface area contributed by atoms with E-state index >= 15 is 0 Å². The van der Waals surface area contributed by atoms with Gasteiger partial charge < -0.3 is 20.4 Å². The maximum absolute atomic E-state index is 12.6. The van der Waals surface area contributed by atoms with Crippen molar-refractivity contribution in [3.05, 3.63) is 40.0 Å². The Labute approximate surface area is 182 Å². The molecular weight excluding hydrogens is 398 g/mol. The minimum absolute atomic E-state index is 0.171.